The second-order valence-corrected chi connectivity index (χ2v) is 12.8. The third-order valence-electron chi connectivity index (χ3n) is 6.39. The van der Waals surface area contributed by atoms with Crippen molar-refractivity contribution in [3.63, 3.8) is 0 Å². The van der Waals surface area contributed by atoms with E-state index in [1.54, 1.807) is 43.3 Å². The summed E-state index contributed by atoms with van der Waals surface area (Å²) >= 11 is 0. The number of sulfonamides is 1. The second-order valence-electron chi connectivity index (χ2n) is 10.9. The maximum Gasteiger partial charge on any atom is 0.264 e. The molecule has 0 unspecified atom stereocenters. The number of hydrogen-bond acceptors (Lipinski definition) is 5. The highest BCUT2D eigenvalue weighted by Crippen LogP contribution is 2.27. The van der Waals surface area contributed by atoms with E-state index in [1.165, 1.54) is 24.1 Å². The van der Waals surface area contributed by atoms with Gasteiger partial charge >= 0.3 is 0 Å². The number of carbonyl (C=O) groups excluding carboxylic acids is 2. The minimum atomic E-state index is -4.13. The van der Waals surface area contributed by atoms with Gasteiger partial charge in [-0.2, -0.15) is 0 Å². The molecule has 0 saturated heterocycles. The van der Waals surface area contributed by atoms with E-state index in [0.717, 1.165) is 21.0 Å². The lowest BCUT2D eigenvalue weighted by Gasteiger charge is -2.33. The Labute approximate surface area is 238 Å². The van der Waals surface area contributed by atoms with Crippen molar-refractivity contribution in [1.82, 2.24) is 10.2 Å². The third kappa shape index (κ3) is 7.85. The van der Waals surface area contributed by atoms with Gasteiger partial charge in [-0.1, -0.05) is 47.5 Å². The Morgan fingerprint density at radius 1 is 0.875 bits per heavy atom. The molecule has 2 amide bonds. The van der Waals surface area contributed by atoms with Gasteiger partial charge in [0.25, 0.3) is 10.0 Å². The van der Waals surface area contributed by atoms with E-state index in [4.69, 9.17) is 4.74 Å². The predicted octanol–water partition coefficient (Wildman–Crippen LogP) is 4.84. The van der Waals surface area contributed by atoms with Crippen LogP contribution in [0.2, 0.25) is 0 Å². The molecule has 0 aliphatic carbocycles. The molecule has 0 bridgehead atoms. The fourth-order valence-corrected chi connectivity index (χ4v) is 5.48. The van der Waals surface area contributed by atoms with Crippen molar-refractivity contribution >= 4 is 27.5 Å². The molecule has 3 aromatic carbocycles. The Bertz CT molecular complexity index is 1410. The highest BCUT2D eigenvalue weighted by atomic mass is 32.2. The number of aryl methyl sites for hydroxylation is 2. The summed E-state index contributed by atoms with van der Waals surface area (Å²) in [4.78, 5) is 28.6. The monoisotopic (exact) mass is 565 g/mol. The van der Waals surface area contributed by atoms with Gasteiger partial charge < -0.3 is 15.0 Å². The molecule has 0 aromatic heterocycles. The predicted molar refractivity (Wildman–Crippen MR) is 158 cm³/mol. The van der Waals surface area contributed by atoms with Gasteiger partial charge in [-0.3, -0.25) is 13.9 Å². The fraction of sp³-hybridized carbons (Fsp3) is 0.355. The molecule has 0 heterocycles. The van der Waals surface area contributed by atoms with Crippen LogP contribution >= 0.6 is 0 Å². The summed E-state index contributed by atoms with van der Waals surface area (Å²) in [5, 5.41) is 2.93. The van der Waals surface area contributed by atoms with Crippen LogP contribution in [0.4, 0.5) is 5.69 Å². The van der Waals surface area contributed by atoms with Crippen molar-refractivity contribution < 1.29 is 22.7 Å². The number of amides is 2. The van der Waals surface area contributed by atoms with Crippen LogP contribution in [-0.2, 0) is 26.2 Å². The van der Waals surface area contributed by atoms with Crippen LogP contribution in [0.25, 0.3) is 0 Å². The van der Waals surface area contributed by atoms with Gasteiger partial charge in [0, 0.05) is 12.1 Å². The first-order chi connectivity index (χ1) is 18.7. The van der Waals surface area contributed by atoms with Crippen molar-refractivity contribution in [2.45, 2.75) is 64.6 Å². The van der Waals surface area contributed by atoms with Crippen molar-refractivity contribution in [1.29, 1.82) is 0 Å². The largest absolute Gasteiger partial charge is 0.497 e. The molecular weight excluding hydrogens is 526 g/mol. The van der Waals surface area contributed by atoms with Gasteiger partial charge in [0.1, 0.15) is 18.3 Å². The average molecular weight is 566 g/mol. The molecule has 0 fully saturated rings. The van der Waals surface area contributed by atoms with E-state index < -0.39 is 34.1 Å². The number of carbonyl (C=O) groups is 2. The third-order valence-corrected chi connectivity index (χ3v) is 8.18. The summed E-state index contributed by atoms with van der Waals surface area (Å²) in [5.74, 6) is -0.287. The first kappa shape index (κ1) is 30.7. The molecule has 214 valence electrons. The first-order valence-electron chi connectivity index (χ1n) is 13.1. The van der Waals surface area contributed by atoms with Gasteiger partial charge in [-0.05, 0) is 83.5 Å². The SMILES string of the molecule is COc1ccc(N(CC(=O)N(Cc2ccc(C)cc2)[C@@H](C)C(=O)NC(C)(C)C)S(=O)(=O)c2ccc(C)cc2)cc1. The highest BCUT2D eigenvalue weighted by Gasteiger charge is 2.33. The Morgan fingerprint density at radius 2 is 1.40 bits per heavy atom. The Balaban J connectivity index is 2.03. The van der Waals surface area contributed by atoms with E-state index in [1.807, 2.05) is 58.9 Å². The molecular formula is C31H39N3O5S. The Hall–Kier alpha value is -3.85. The van der Waals surface area contributed by atoms with E-state index in [-0.39, 0.29) is 17.3 Å². The fourth-order valence-electron chi connectivity index (χ4n) is 4.06. The molecule has 0 radical (unpaired) electrons. The molecule has 9 heteroatoms. The maximum atomic E-state index is 14.0. The molecule has 0 aliphatic rings. The molecule has 3 rings (SSSR count). The average Bonchev–Trinajstić information content (AvgIpc) is 2.90. The lowest BCUT2D eigenvalue weighted by molar-refractivity contribution is -0.140. The van der Waals surface area contributed by atoms with Crippen LogP contribution in [0.3, 0.4) is 0 Å². The molecule has 0 aliphatic heterocycles. The van der Waals surface area contributed by atoms with Crippen LogP contribution < -0.4 is 14.4 Å². The minimum absolute atomic E-state index is 0.0605. The van der Waals surface area contributed by atoms with Crippen LogP contribution in [0.1, 0.15) is 44.4 Å². The van der Waals surface area contributed by atoms with Crippen molar-refractivity contribution in [3.05, 3.63) is 89.5 Å². The highest BCUT2D eigenvalue weighted by molar-refractivity contribution is 7.92. The van der Waals surface area contributed by atoms with Gasteiger partial charge in [0.05, 0.1) is 17.7 Å². The van der Waals surface area contributed by atoms with Gasteiger partial charge in [-0.15, -0.1) is 0 Å². The van der Waals surface area contributed by atoms with Crippen LogP contribution in [-0.4, -0.2) is 50.4 Å². The molecule has 40 heavy (non-hydrogen) atoms. The van der Waals surface area contributed by atoms with Crippen LogP contribution in [0.5, 0.6) is 5.75 Å². The molecule has 0 saturated carbocycles. The molecule has 0 spiro atoms. The number of hydrogen-bond donors (Lipinski definition) is 1. The van der Waals surface area contributed by atoms with Gasteiger partial charge in [-0.25, -0.2) is 8.42 Å². The Kier molecular flexibility index (Phi) is 9.63. The van der Waals surface area contributed by atoms with E-state index in [0.29, 0.717) is 11.4 Å². The topological polar surface area (TPSA) is 96.0 Å². The number of methoxy groups -OCH3 is 1. The van der Waals surface area contributed by atoms with Crippen molar-refractivity contribution in [2.75, 3.05) is 18.0 Å². The number of nitrogens with one attached hydrogen (secondary N) is 1. The Morgan fingerprint density at radius 3 is 1.90 bits per heavy atom. The van der Waals surface area contributed by atoms with E-state index >= 15 is 0 Å². The van der Waals surface area contributed by atoms with Crippen LogP contribution in [0.15, 0.2) is 77.7 Å². The quantitative estimate of drug-likeness (QED) is 0.380. The summed E-state index contributed by atoms with van der Waals surface area (Å²) in [6.07, 6.45) is 0. The summed E-state index contributed by atoms with van der Waals surface area (Å²) in [5.41, 5.74) is 2.60. The number of rotatable bonds is 10. The van der Waals surface area contributed by atoms with Gasteiger partial charge in [0.2, 0.25) is 11.8 Å². The smallest absolute Gasteiger partial charge is 0.264 e. The molecule has 3 aromatic rings. The van der Waals surface area contributed by atoms with Crippen molar-refractivity contribution in [3.8, 4) is 5.75 Å². The normalized spacial score (nSPS) is 12.4. The number of nitrogens with zero attached hydrogens (tertiary/aromatic N) is 2. The zero-order chi connectivity index (χ0) is 29.7. The zero-order valence-corrected chi connectivity index (χ0v) is 25.1. The lowest BCUT2D eigenvalue weighted by Crippen LogP contribution is -2.54. The molecule has 1 N–H and O–H groups in total. The van der Waals surface area contributed by atoms with Gasteiger partial charge in [0.15, 0.2) is 0 Å². The van der Waals surface area contributed by atoms with Crippen LogP contribution in [0, 0.1) is 13.8 Å². The summed E-state index contributed by atoms with van der Waals surface area (Å²) in [7, 11) is -2.61. The van der Waals surface area contributed by atoms with E-state index in [9.17, 15) is 18.0 Å². The maximum absolute atomic E-state index is 14.0. The summed E-state index contributed by atoms with van der Waals surface area (Å²) in [6, 6.07) is 19.7. The number of anilines is 1. The number of benzene rings is 3. The summed E-state index contributed by atoms with van der Waals surface area (Å²) < 4.78 is 34.1. The second kappa shape index (κ2) is 12.6. The first-order valence-corrected chi connectivity index (χ1v) is 14.6. The van der Waals surface area contributed by atoms with E-state index in [2.05, 4.69) is 5.32 Å². The zero-order valence-electron chi connectivity index (χ0n) is 24.3. The van der Waals surface area contributed by atoms with Crippen molar-refractivity contribution in [2.24, 2.45) is 0 Å². The minimum Gasteiger partial charge on any atom is -0.497 e. The lowest BCUT2D eigenvalue weighted by atomic mass is 10.1. The standard InChI is InChI=1S/C31H39N3O5S/c1-22-8-12-25(13-9-22)20-33(24(3)30(36)32-31(4,5)6)29(35)21-34(26-14-16-27(39-7)17-15-26)40(37,38)28-18-10-23(2)11-19-28/h8-19,24H,20-21H2,1-7H3,(H,32,36)/t24-/m0/s1. The summed E-state index contributed by atoms with van der Waals surface area (Å²) in [6.45, 7) is 10.7. The molecule has 1 atom stereocenters. The number of ether oxygens (including phenoxy) is 1. The molecule has 8 nitrogen and oxygen atoms in total.